The van der Waals surface area contributed by atoms with Gasteiger partial charge in [-0.05, 0) is 31.9 Å². The fourth-order valence-corrected chi connectivity index (χ4v) is 3.99. The summed E-state index contributed by atoms with van der Waals surface area (Å²) in [5.74, 6) is -0.368. The Morgan fingerprint density at radius 3 is 2.05 bits per heavy atom. The van der Waals surface area contributed by atoms with Gasteiger partial charge in [-0.25, -0.2) is 4.79 Å². The monoisotopic (exact) mass is 302 g/mol. The van der Waals surface area contributed by atoms with Crippen molar-refractivity contribution in [2.24, 2.45) is 0 Å². The minimum atomic E-state index is -2.12. The minimum absolute atomic E-state index is 0.368. The second-order valence-electron chi connectivity index (χ2n) is 5.01. The molecule has 5 heteroatoms. The summed E-state index contributed by atoms with van der Waals surface area (Å²) < 4.78 is 17.0. The lowest BCUT2D eigenvalue weighted by atomic mass is 10.4. The van der Waals surface area contributed by atoms with Crippen LogP contribution < -0.4 is 0 Å². The third-order valence-electron chi connectivity index (χ3n) is 3.00. The molecule has 0 aromatic carbocycles. The van der Waals surface area contributed by atoms with Gasteiger partial charge in [-0.3, -0.25) is 0 Å². The molecule has 0 unspecified atom stereocenters. The highest BCUT2D eigenvalue weighted by atomic mass is 28.4. The van der Waals surface area contributed by atoms with Gasteiger partial charge in [-0.2, -0.15) is 0 Å². The molecule has 0 N–H and O–H groups in total. The van der Waals surface area contributed by atoms with Crippen LogP contribution in [0.25, 0.3) is 0 Å². The molecule has 0 aliphatic heterocycles. The van der Waals surface area contributed by atoms with E-state index >= 15 is 0 Å². The van der Waals surface area contributed by atoms with Crippen LogP contribution in [0.1, 0.15) is 46.0 Å². The molecular formula is C15H30O4Si. The van der Waals surface area contributed by atoms with Crippen LogP contribution in [-0.4, -0.2) is 34.4 Å². The van der Waals surface area contributed by atoms with E-state index in [1.165, 1.54) is 6.08 Å². The molecule has 0 rings (SSSR count). The van der Waals surface area contributed by atoms with E-state index in [0.717, 1.165) is 51.4 Å². The Morgan fingerprint density at radius 2 is 1.60 bits per heavy atom. The highest BCUT2D eigenvalue weighted by molar-refractivity contribution is 6.66. The molecule has 0 radical (unpaired) electrons. The van der Waals surface area contributed by atoms with Gasteiger partial charge in [-0.15, -0.1) is 0 Å². The number of unbranched alkanes of at least 4 members (excludes halogenated alkanes) is 2. The van der Waals surface area contributed by atoms with Gasteiger partial charge in [0.25, 0.3) is 0 Å². The Morgan fingerprint density at radius 1 is 1.05 bits per heavy atom. The second kappa shape index (κ2) is 12.1. The van der Waals surface area contributed by atoms with Crippen molar-refractivity contribution in [3.8, 4) is 0 Å². The topological polar surface area (TPSA) is 44.8 Å². The zero-order valence-corrected chi connectivity index (χ0v) is 14.3. The zero-order valence-electron chi connectivity index (χ0n) is 13.3. The molecule has 0 saturated heterocycles. The molecule has 20 heavy (non-hydrogen) atoms. The molecule has 0 fully saturated rings. The summed E-state index contributed by atoms with van der Waals surface area (Å²) in [6.07, 6.45) is 6.33. The summed E-state index contributed by atoms with van der Waals surface area (Å²) in [5.41, 5.74) is 0. The largest absolute Gasteiger partial charge is 0.463 e. The van der Waals surface area contributed by atoms with Crippen LogP contribution in [0.3, 0.4) is 0 Å². The van der Waals surface area contributed by atoms with E-state index < -0.39 is 8.56 Å². The number of ether oxygens (including phenoxy) is 1. The standard InChI is InChI=1S/C15H30O4Si/c1-5-8-12-18-20(4,19-13-9-6-2)14-10-11-17-15(16)7-3/h7H,3,5-6,8-14H2,1-2,4H3. The summed E-state index contributed by atoms with van der Waals surface area (Å²) in [5, 5.41) is 0. The Balaban J connectivity index is 4.07. The molecule has 0 atom stereocenters. The van der Waals surface area contributed by atoms with E-state index in [0.29, 0.717) is 6.61 Å². The van der Waals surface area contributed by atoms with Crippen molar-refractivity contribution in [2.45, 2.75) is 58.5 Å². The van der Waals surface area contributed by atoms with Crippen LogP contribution in [0.4, 0.5) is 0 Å². The summed E-state index contributed by atoms with van der Waals surface area (Å²) in [6.45, 7) is 11.7. The molecule has 118 valence electrons. The van der Waals surface area contributed by atoms with Crippen molar-refractivity contribution in [1.82, 2.24) is 0 Å². The van der Waals surface area contributed by atoms with Crippen molar-refractivity contribution >= 4 is 14.5 Å². The lowest BCUT2D eigenvalue weighted by Gasteiger charge is -2.27. The van der Waals surface area contributed by atoms with E-state index in [2.05, 4.69) is 27.0 Å². The lowest BCUT2D eigenvalue weighted by molar-refractivity contribution is -0.137. The van der Waals surface area contributed by atoms with Crippen LogP contribution in [0.5, 0.6) is 0 Å². The summed E-state index contributed by atoms with van der Waals surface area (Å²) in [7, 11) is -2.12. The maximum Gasteiger partial charge on any atom is 0.335 e. The van der Waals surface area contributed by atoms with E-state index in [4.69, 9.17) is 13.6 Å². The van der Waals surface area contributed by atoms with Crippen molar-refractivity contribution in [3.63, 3.8) is 0 Å². The zero-order chi connectivity index (χ0) is 15.3. The van der Waals surface area contributed by atoms with Gasteiger partial charge < -0.3 is 13.6 Å². The van der Waals surface area contributed by atoms with Gasteiger partial charge >= 0.3 is 14.5 Å². The van der Waals surface area contributed by atoms with Crippen LogP contribution in [0.15, 0.2) is 12.7 Å². The number of carbonyl (C=O) groups excluding carboxylic acids is 1. The lowest BCUT2D eigenvalue weighted by Crippen LogP contribution is -2.39. The predicted octanol–water partition coefficient (Wildman–Crippen LogP) is 3.81. The second-order valence-corrected chi connectivity index (χ2v) is 8.36. The highest BCUT2D eigenvalue weighted by Crippen LogP contribution is 2.17. The molecule has 0 aliphatic carbocycles. The van der Waals surface area contributed by atoms with Crippen molar-refractivity contribution in [3.05, 3.63) is 12.7 Å². The SMILES string of the molecule is C=CC(=O)OCCC[Si](C)(OCCCC)OCCCC. The third kappa shape index (κ3) is 10.2. The molecule has 0 amide bonds. The molecular weight excluding hydrogens is 272 g/mol. The molecule has 0 aromatic heterocycles. The van der Waals surface area contributed by atoms with Crippen LogP contribution >= 0.6 is 0 Å². The number of hydrogen-bond donors (Lipinski definition) is 0. The fraction of sp³-hybridized carbons (Fsp3) is 0.800. The fourth-order valence-electron chi connectivity index (χ4n) is 1.68. The first kappa shape index (κ1) is 19.3. The van der Waals surface area contributed by atoms with Gasteiger partial charge in [-0.1, -0.05) is 33.3 Å². The Hall–Kier alpha value is -0.653. The van der Waals surface area contributed by atoms with Crippen molar-refractivity contribution in [2.75, 3.05) is 19.8 Å². The van der Waals surface area contributed by atoms with E-state index in [1.807, 2.05) is 0 Å². The predicted molar refractivity (Wildman–Crippen MR) is 83.9 cm³/mol. The van der Waals surface area contributed by atoms with E-state index in [1.54, 1.807) is 0 Å². The van der Waals surface area contributed by atoms with Crippen LogP contribution in [0.2, 0.25) is 12.6 Å². The summed E-state index contributed by atoms with van der Waals surface area (Å²) in [4.78, 5) is 11.0. The van der Waals surface area contributed by atoms with Crippen LogP contribution in [0, 0.1) is 0 Å². The molecule has 0 saturated carbocycles. The Kier molecular flexibility index (Phi) is 11.7. The van der Waals surface area contributed by atoms with Crippen molar-refractivity contribution < 1.29 is 18.4 Å². The van der Waals surface area contributed by atoms with Gasteiger partial charge in [0.1, 0.15) is 0 Å². The maximum atomic E-state index is 11.0. The molecule has 0 aromatic rings. The average molecular weight is 302 g/mol. The van der Waals surface area contributed by atoms with Gasteiger partial charge in [0.2, 0.25) is 0 Å². The highest BCUT2D eigenvalue weighted by Gasteiger charge is 2.30. The van der Waals surface area contributed by atoms with Gasteiger partial charge in [0.05, 0.1) is 6.61 Å². The quantitative estimate of drug-likeness (QED) is 0.225. The van der Waals surface area contributed by atoms with E-state index in [-0.39, 0.29) is 5.97 Å². The molecule has 0 heterocycles. The van der Waals surface area contributed by atoms with Gasteiger partial charge in [0, 0.05) is 19.3 Å². The first-order valence-electron chi connectivity index (χ1n) is 7.65. The number of carbonyl (C=O) groups is 1. The maximum absolute atomic E-state index is 11.0. The van der Waals surface area contributed by atoms with Gasteiger partial charge in [0.15, 0.2) is 0 Å². The first-order chi connectivity index (χ1) is 9.58. The minimum Gasteiger partial charge on any atom is -0.463 e. The third-order valence-corrected chi connectivity index (χ3v) is 5.89. The number of esters is 1. The Labute approximate surface area is 124 Å². The Bertz CT molecular complexity index is 259. The van der Waals surface area contributed by atoms with E-state index in [9.17, 15) is 4.79 Å². The number of rotatable bonds is 13. The normalized spacial score (nSPS) is 11.3. The summed E-state index contributed by atoms with van der Waals surface area (Å²) in [6, 6.07) is 0.852. The van der Waals surface area contributed by atoms with Crippen molar-refractivity contribution in [1.29, 1.82) is 0 Å². The molecule has 0 spiro atoms. The smallest absolute Gasteiger partial charge is 0.335 e. The molecule has 0 aliphatic rings. The van der Waals surface area contributed by atoms with Crippen LogP contribution in [-0.2, 0) is 18.4 Å². The first-order valence-corrected chi connectivity index (χ1v) is 10.2. The average Bonchev–Trinajstić information content (AvgIpc) is 2.44. The molecule has 4 nitrogen and oxygen atoms in total. The summed E-state index contributed by atoms with van der Waals surface area (Å²) >= 11 is 0. The molecule has 0 bridgehead atoms. The number of hydrogen-bond acceptors (Lipinski definition) is 4.